The molecule has 3 aromatic rings. The Morgan fingerprint density at radius 3 is 2.72 bits per heavy atom. The van der Waals surface area contributed by atoms with Crippen molar-refractivity contribution < 1.29 is 18.0 Å². The molecule has 3 rings (SSSR count). The van der Waals surface area contributed by atoms with Crippen LogP contribution in [0.3, 0.4) is 0 Å². The van der Waals surface area contributed by atoms with Gasteiger partial charge in [0.2, 0.25) is 0 Å². The number of halogens is 3. The van der Waals surface area contributed by atoms with Gasteiger partial charge in [-0.05, 0) is 30.7 Å². The molecule has 1 aromatic carbocycles. The summed E-state index contributed by atoms with van der Waals surface area (Å²) < 4.78 is 39.9. The molecule has 0 bridgehead atoms. The minimum atomic E-state index is -1.50. The van der Waals surface area contributed by atoms with Gasteiger partial charge in [-0.2, -0.15) is 0 Å². The number of aromatic nitrogens is 2. The average molecular weight is 363 g/mol. The van der Waals surface area contributed by atoms with Gasteiger partial charge in [0.25, 0.3) is 5.91 Å². The highest BCUT2D eigenvalue weighted by Crippen LogP contribution is 2.24. The van der Waals surface area contributed by atoms with Gasteiger partial charge >= 0.3 is 0 Å². The number of amides is 1. The van der Waals surface area contributed by atoms with Crippen LogP contribution in [-0.2, 0) is 6.42 Å². The second-order valence-corrected chi connectivity index (χ2v) is 6.38. The van der Waals surface area contributed by atoms with E-state index in [-0.39, 0.29) is 17.7 Å². The maximum Gasteiger partial charge on any atom is 0.276 e. The van der Waals surface area contributed by atoms with Gasteiger partial charge in [-0.3, -0.25) is 10.1 Å². The summed E-state index contributed by atoms with van der Waals surface area (Å²) in [5.41, 5.74) is 0.977. The van der Waals surface area contributed by atoms with Crippen LogP contribution in [0.15, 0.2) is 36.5 Å². The lowest BCUT2D eigenvalue weighted by molar-refractivity contribution is 0.102. The normalized spacial score (nSPS) is 10.7. The molecule has 25 heavy (non-hydrogen) atoms. The third-order valence-corrected chi connectivity index (χ3v) is 4.29. The standard InChI is InChI=1S/C17H12F3N3OS/c1-9-3-2-4-13(22-9)16(24)23-17-21-8-11(25-17)7-10-5-6-12(18)15(20)14(10)19/h2-6,8H,7H2,1H3,(H,21,23,24). The Labute approximate surface area is 145 Å². The summed E-state index contributed by atoms with van der Waals surface area (Å²) >= 11 is 1.12. The smallest absolute Gasteiger partial charge is 0.276 e. The fraction of sp³-hybridized carbons (Fsp3) is 0.118. The maximum absolute atomic E-state index is 13.7. The maximum atomic E-state index is 13.7. The molecule has 0 saturated heterocycles. The number of nitrogens with zero attached hydrogens (tertiary/aromatic N) is 2. The zero-order valence-corrected chi connectivity index (χ0v) is 13.8. The number of carbonyl (C=O) groups is 1. The molecule has 8 heteroatoms. The van der Waals surface area contributed by atoms with Crippen molar-refractivity contribution in [1.82, 2.24) is 9.97 Å². The molecule has 0 radical (unpaired) electrons. The van der Waals surface area contributed by atoms with Crippen molar-refractivity contribution in [3.05, 3.63) is 75.8 Å². The predicted octanol–water partition coefficient (Wildman–Crippen LogP) is 4.11. The van der Waals surface area contributed by atoms with Gasteiger partial charge < -0.3 is 0 Å². The molecule has 2 heterocycles. The first kappa shape index (κ1) is 17.1. The zero-order chi connectivity index (χ0) is 18.0. The van der Waals surface area contributed by atoms with Crippen molar-refractivity contribution in [2.45, 2.75) is 13.3 Å². The van der Waals surface area contributed by atoms with E-state index in [1.165, 1.54) is 12.3 Å². The van der Waals surface area contributed by atoms with Gasteiger partial charge in [-0.15, -0.1) is 11.3 Å². The fourth-order valence-corrected chi connectivity index (χ4v) is 3.00. The van der Waals surface area contributed by atoms with E-state index in [9.17, 15) is 18.0 Å². The van der Waals surface area contributed by atoms with Crippen molar-refractivity contribution in [3.8, 4) is 0 Å². The largest absolute Gasteiger partial charge is 0.296 e. The lowest BCUT2D eigenvalue weighted by Gasteiger charge is -2.03. The number of pyridine rings is 1. The monoisotopic (exact) mass is 363 g/mol. The van der Waals surface area contributed by atoms with Gasteiger partial charge in [0.05, 0.1) is 0 Å². The lowest BCUT2D eigenvalue weighted by Crippen LogP contribution is -2.13. The third-order valence-electron chi connectivity index (χ3n) is 3.37. The van der Waals surface area contributed by atoms with Crippen molar-refractivity contribution in [1.29, 1.82) is 0 Å². The van der Waals surface area contributed by atoms with E-state index >= 15 is 0 Å². The van der Waals surface area contributed by atoms with Gasteiger partial charge in [-0.1, -0.05) is 12.1 Å². The van der Waals surface area contributed by atoms with Gasteiger partial charge in [0.15, 0.2) is 22.6 Å². The molecule has 0 fully saturated rings. The molecular weight excluding hydrogens is 351 g/mol. The number of hydrogen-bond donors (Lipinski definition) is 1. The number of hydrogen-bond acceptors (Lipinski definition) is 4. The Balaban J connectivity index is 1.73. The van der Waals surface area contributed by atoms with Crippen LogP contribution >= 0.6 is 11.3 Å². The van der Waals surface area contributed by atoms with E-state index < -0.39 is 23.4 Å². The first-order valence-electron chi connectivity index (χ1n) is 7.26. The highest BCUT2D eigenvalue weighted by atomic mass is 32.1. The molecule has 0 aliphatic carbocycles. The Bertz CT molecular complexity index is 943. The summed E-state index contributed by atoms with van der Waals surface area (Å²) in [6.45, 7) is 1.77. The topological polar surface area (TPSA) is 54.9 Å². The number of carbonyl (C=O) groups excluding carboxylic acids is 1. The molecule has 0 spiro atoms. The molecule has 0 atom stereocenters. The molecule has 128 valence electrons. The molecule has 0 aliphatic rings. The Morgan fingerprint density at radius 2 is 1.96 bits per heavy atom. The van der Waals surface area contributed by atoms with Crippen LogP contribution in [0.2, 0.25) is 0 Å². The molecule has 2 aromatic heterocycles. The molecular formula is C17H12F3N3OS. The number of aryl methyl sites for hydroxylation is 1. The lowest BCUT2D eigenvalue weighted by atomic mass is 10.1. The zero-order valence-electron chi connectivity index (χ0n) is 13.0. The minimum absolute atomic E-state index is 0.0146. The van der Waals surface area contributed by atoms with Crippen molar-refractivity contribution in [2.24, 2.45) is 0 Å². The molecule has 0 unspecified atom stereocenters. The van der Waals surface area contributed by atoms with E-state index in [2.05, 4.69) is 15.3 Å². The van der Waals surface area contributed by atoms with Crippen molar-refractivity contribution >= 4 is 22.4 Å². The van der Waals surface area contributed by atoms with Crippen LogP contribution < -0.4 is 5.32 Å². The van der Waals surface area contributed by atoms with Gasteiger partial charge in [-0.25, -0.2) is 23.1 Å². The van der Waals surface area contributed by atoms with Crippen LogP contribution in [0.4, 0.5) is 18.3 Å². The SMILES string of the molecule is Cc1cccc(C(=O)Nc2ncc(Cc3ccc(F)c(F)c3F)s2)n1. The first-order chi connectivity index (χ1) is 11.9. The summed E-state index contributed by atoms with van der Waals surface area (Å²) in [6, 6.07) is 7.13. The second-order valence-electron chi connectivity index (χ2n) is 5.26. The number of benzene rings is 1. The van der Waals surface area contributed by atoms with Gasteiger partial charge in [0.1, 0.15) is 5.69 Å². The fourth-order valence-electron chi connectivity index (χ4n) is 2.17. The quantitative estimate of drug-likeness (QED) is 0.710. The highest BCUT2D eigenvalue weighted by molar-refractivity contribution is 7.15. The Kier molecular flexibility index (Phi) is 4.80. The van der Waals surface area contributed by atoms with E-state index in [0.717, 1.165) is 17.4 Å². The van der Waals surface area contributed by atoms with Crippen LogP contribution in [0.1, 0.15) is 26.6 Å². The summed E-state index contributed by atoms with van der Waals surface area (Å²) in [7, 11) is 0. The van der Waals surface area contributed by atoms with Crippen LogP contribution in [-0.4, -0.2) is 15.9 Å². The van der Waals surface area contributed by atoms with Gasteiger partial charge in [0, 0.05) is 23.2 Å². The Morgan fingerprint density at radius 1 is 1.16 bits per heavy atom. The molecule has 4 nitrogen and oxygen atoms in total. The van der Waals surface area contributed by atoms with Crippen LogP contribution in [0.25, 0.3) is 0 Å². The minimum Gasteiger partial charge on any atom is -0.296 e. The number of anilines is 1. The summed E-state index contributed by atoms with van der Waals surface area (Å²) in [5, 5.41) is 2.92. The van der Waals surface area contributed by atoms with E-state index in [1.54, 1.807) is 25.1 Å². The third kappa shape index (κ3) is 3.85. The summed E-state index contributed by atoms with van der Waals surface area (Å²) in [4.78, 5) is 20.9. The van der Waals surface area contributed by atoms with Crippen LogP contribution in [0.5, 0.6) is 0 Å². The van der Waals surface area contributed by atoms with E-state index in [1.807, 2.05) is 0 Å². The van der Waals surface area contributed by atoms with Crippen LogP contribution in [0, 0.1) is 24.4 Å². The first-order valence-corrected chi connectivity index (χ1v) is 8.08. The predicted molar refractivity (Wildman–Crippen MR) is 88.2 cm³/mol. The van der Waals surface area contributed by atoms with E-state index in [0.29, 0.717) is 15.7 Å². The average Bonchev–Trinajstić information content (AvgIpc) is 3.02. The molecule has 1 amide bonds. The highest BCUT2D eigenvalue weighted by Gasteiger charge is 2.15. The molecule has 1 N–H and O–H groups in total. The van der Waals surface area contributed by atoms with E-state index in [4.69, 9.17) is 0 Å². The number of thiazole rings is 1. The van der Waals surface area contributed by atoms with Crippen molar-refractivity contribution in [3.63, 3.8) is 0 Å². The number of nitrogens with one attached hydrogen (secondary N) is 1. The summed E-state index contributed by atoms with van der Waals surface area (Å²) in [6.07, 6.45) is 1.49. The molecule has 0 saturated carbocycles. The number of rotatable bonds is 4. The second kappa shape index (κ2) is 7.02. The summed E-state index contributed by atoms with van der Waals surface area (Å²) in [5.74, 6) is -4.36. The Hall–Kier alpha value is -2.74. The molecule has 0 aliphatic heterocycles. The van der Waals surface area contributed by atoms with Crippen molar-refractivity contribution in [2.75, 3.05) is 5.32 Å².